The Morgan fingerprint density at radius 3 is 3.04 bits per heavy atom. The smallest absolute Gasteiger partial charge is 0.230 e. The molecular formula is C16H21N3O3S. The Labute approximate surface area is 139 Å². The Morgan fingerprint density at radius 1 is 1.48 bits per heavy atom. The van der Waals surface area contributed by atoms with E-state index in [2.05, 4.69) is 15.1 Å². The number of ether oxygens (including phenoxy) is 1. The summed E-state index contributed by atoms with van der Waals surface area (Å²) < 4.78 is 11.2. The van der Waals surface area contributed by atoms with E-state index in [-0.39, 0.29) is 17.7 Å². The number of carbonyl (C=O) groups excluding carboxylic acids is 1. The summed E-state index contributed by atoms with van der Waals surface area (Å²) in [6.45, 7) is 6.59. The van der Waals surface area contributed by atoms with E-state index >= 15 is 0 Å². The van der Waals surface area contributed by atoms with Crippen LogP contribution in [0, 0.1) is 0 Å². The maximum absolute atomic E-state index is 12.3. The first-order valence-electron chi connectivity index (χ1n) is 7.84. The molecule has 0 saturated carbocycles. The molecule has 1 aliphatic rings. The molecular weight excluding hydrogens is 314 g/mol. The van der Waals surface area contributed by atoms with E-state index in [0.717, 1.165) is 11.4 Å². The maximum atomic E-state index is 12.3. The lowest BCUT2D eigenvalue weighted by Crippen LogP contribution is -2.45. The number of carbonyl (C=O) groups is 1. The number of thiophene rings is 1. The van der Waals surface area contributed by atoms with Gasteiger partial charge in [0.15, 0.2) is 5.78 Å². The molecule has 3 rings (SSSR count). The van der Waals surface area contributed by atoms with Gasteiger partial charge < -0.3 is 9.15 Å². The lowest BCUT2D eigenvalue weighted by molar-refractivity contribution is -0.0159. The van der Waals surface area contributed by atoms with Crippen LogP contribution in [0.2, 0.25) is 0 Å². The van der Waals surface area contributed by atoms with Gasteiger partial charge in [0.1, 0.15) is 0 Å². The minimum Gasteiger partial charge on any atom is -0.424 e. The fraction of sp³-hybridized carbons (Fsp3) is 0.562. The second-order valence-electron chi connectivity index (χ2n) is 5.99. The predicted octanol–water partition coefficient (Wildman–Crippen LogP) is 2.73. The number of hydrogen-bond donors (Lipinski definition) is 0. The quantitative estimate of drug-likeness (QED) is 0.756. The van der Waals surface area contributed by atoms with E-state index in [1.165, 1.54) is 11.3 Å². The van der Waals surface area contributed by atoms with E-state index in [1.807, 2.05) is 31.4 Å². The summed E-state index contributed by atoms with van der Waals surface area (Å²) >= 11 is 1.48. The van der Waals surface area contributed by atoms with Crippen LogP contribution in [0.4, 0.5) is 0 Å². The fourth-order valence-electron chi connectivity index (χ4n) is 2.57. The Hall–Kier alpha value is -1.57. The Balaban J connectivity index is 1.64. The van der Waals surface area contributed by atoms with Gasteiger partial charge in [-0.3, -0.25) is 9.69 Å². The van der Waals surface area contributed by atoms with Crippen molar-refractivity contribution < 1.29 is 13.9 Å². The van der Waals surface area contributed by atoms with Gasteiger partial charge in [0.05, 0.1) is 24.6 Å². The number of Topliss-reactive ketones (excluding diaryl/α,β-unsaturated/α-hetero) is 1. The molecule has 1 saturated heterocycles. The van der Waals surface area contributed by atoms with E-state index in [9.17, 15) is 4.79 Å². The monoisotopic (exact) mass is 335 g/mol. The maximum Gasteiger partial charge on any atom is 0.230 e. The second-order valence-corrected chi connectivity index (χ2v) is 6.94. The highest BCUT2D eigenvalue weighted by molar-refractivity contribution is 7.12. The van der Waals surface area contributed by atoms with Crippen LogP contribution < -0.4 is 0 Å². The number of morpholine rings is 1. The van der Waals surface area contributed by atoms with Gasteiger partial charge in [0, 0.05) is 24.9 Å². The van der Waals surface area contributed by atoms with Crippen molar-refractivity contribution in [3.63, 3.8) is 0 Å². The molecule has 0 N–H and O–H groups in total. The fourth-order valence-corrected chi connectivity index (χ4v) is 3.25. The number of rotatable bonds is 6. The van der Waals surface area contributed by atoms with Crippen molar-refractivity contribution in [3.05, 3.63) is 34.2 Å². The van der Waals surface area contributed by atoms with E-state index in [1.54, 1.807) is 0 Å². The summed E-state index contributed by atoms with van der Waals surface area (Å²) in [6.07, 6.45) is 0.450. The highest BCUT2D eigenvalue weighted by Crippen LogP contribution is 2.20. The van der Waals surface area contributed by atoms with Gasteiger partial charge in [0.2, 0.25) is 11.8 Å². The number of nitrogens with zero attached hydrogens (tertiary/aromatic N) is 3. The van der Waals surface area contributed by atoms with Gasteiger partial charge in [0.25, 0.3) is 0 Å². The molecule has 0 bridgehead atoms. The molecule has 3 heterocycles. The van der Waals surface area contributed by atoms with Gasteiger partial charge in [-0.25, -0.2) is 0 Å². The zero-order valence-corrected chi connectivity index (χ0v) is 14.2. The van der Waals surface area contributed by atoms with Gasteiger partial charge >= 0.3 is 0 Å². The first-order valence-corrected chi connectivity index (χ1v) is 8.72. The van der Waals surface area contributed by atoms with Gasteiger partial charge in [-0.15, -0.1) is 21.5 Å². The highest BCUT2D eigenvalue weighted by Gasteiger charge is 2.27. The molecule has 1 atom stereocenters. The summed E-state index contributed by atoms with van der Waals surface area (Å²) in [5, 5.41) is 10.1. The predicted molar refractivity (Wildman–Crippen MR) is 86.7 cm³/mol. The largest absolute Gasteiger partial charge is 0.424 e. The van der Waals surface area contributed by atoms with Crippen LogP contribution in [-0.2, 0) is 11.3 Å². The molecule has 124 valence electrons. The van der Waals surface area contributed by atoms with Crippen LogP contribution in [0.5, 0.6) is 0 Å². The minimum atomic E-state index is 0.0488. The summed E-state index contributed by atoms with van der Waals surface area (Å²) in [4.78, 5) is 15.3. The number of aromatic nitrogens is 2. The topological polar surface area (TPSA) is 68.5 Å². The first kappa shape index (κ1) is 16.3. The SMILES string of the molecule is CC(C)c1nnc(CN2CCOC[C@H]2CC(=O)c2cccs2)o1. The van der Waals surface area contributed by atoms with Crippen LogP contribution in [0.15, 0.2) is 21.9 Å². The average Bonchev–Trinajstić information content (AvgIpc) is 3.20. The molecule has 2 aromatic rings. The van der Waals surface area contributed by atoms with E-state index < -0.39 is 0 Å². The molecule has 7 heteroatoms. The summed E-state index contributed by atoms with van der Waals surface area (Å²) in [6, 6.07) is 3.82. The zero-order chi connectivity index (χ0) is 16.2. The molecule has 0 amide bonds. The second kappa shape index (κ2) is 7.33. The van der Waals surface area contributed by atoms with E-state index in [4.69, 9.17) is 9.15 Å². The molecule has 0 unspecified atom stereocenters. The molecule has 0 aromatic carbocycles. The Kier molecular flexibility index (Phi) is 5.20. The van der Waals surface area contributed by atoms with Crippen LogP contribution in [0.25, 0.3) is 0 Å². The molecule has 6 nitrogen and oxygen atoms in total. The normalized spacial score (nSPS) is 19.3. The van der Waals surface area contributed by atoms with Crippen molar-refractivity contribution in [3.8, 4) is 0 Å². The lowest BCUT2D eigenvalue weighted by atomic mass is 10.1. The molecule has 0 radical (unpaired) electrons. The molecule has 0 spiro atoms. The molecule has 2 aromatic heterocycles. The van der Waals surface area contributed by atoms with Crippen molar-refractivity contribution in [1.82, 2.24) is 15.1 Å². The highest BCUT2D eigenvalue weighted by atomic mass is 32.1. The molecule has 1 aliphatic heterocycles. The Bertz CT molecular complexity index is 639. The summed E-state index contributed by atoms with van der Waals surface area (Å²) in [7, 11) is 0. The van der Waals surface area contributed by atoms with Crippen molar-refractivity contribution in [2.45, 2.75) is 38.8 Å². The third-order valence-electron chi connectivity index (χ3n) is 3.88. The van der Waals surface area contributed by atoms with Crippen LogP contribution in [0.1, 0.15) is 47.6 Å². The van der Waals surface area contributed by atoms with E-state index in [0.29, 0.717) is 38.0 Å². The minimum absolute atomic E-state index is 0.0488. The van der Waals surface area contributed by atoms with Crippen LogP contribution >= 0.6 is 11.3 Å². The third kappa shape index (κ3) is 4.04. The molecule has 0 aliphatic carbocycles. The van der Waals surface area contributed by atoms with Gasteiger partial charge in [-0.05, 0) is 11.4 Å². The number of hydrogen-bond acceptors (Lipinski definition) is 7. The lowest BCUT2D eigenvalue weighted by Gasteiger charge is -2.34. The zero-order valence-electron chi connectivity index (χ0n) is 13.4. The third-order valence-corrected chi connectivity index (χ3v) is 4.79. The van der Waals surface area contributed by atoms with Crippen molar-refractivity contribution in [2.75, 3.05) is 19.8 Å². The molecule has 23 heavy (non-hydrogen) atoms. The van der Waals surface area contributed by atoms with Crippen molar-refractivity contribution >= 4 is 17.1 Å². The van der Waals surface area contributed by atoms with Crippen LogP contribution in [-0.4, -0.2) is 46.7 Å². The standard InChI is InChI=1S/C16H21N3O3S/c1-11(2)16-18-17-15(22-16)9-19-5-6-21-10-12(19)8-13(20)14-4-3-7-23-14/h3-4,7,11-12H,5-6,8-10H2,1-2H3/t12-/m1/s1. The number of ketones is 1. The van der Waals surface area contributed by atoms with Crippen molar-refractivity contribution in [2.24, 2.45) is 0 Å². The molecule has 1 fully saturated rings. The van der Waals surface area contributed by atoms with Gasteiger partial charge in [-0.2, -0.15) is 0 Å². The average molecular weight is 335 g/mol. The summed E-state index contributed by atoms with van der Waals surface area (Å²) in [5.41, 5.74) is 0. The van der Waals surface area contributed by atoms with Crippen LogP contribution in [0.3, 0.4) is 0 Å². The van der Waals surface area contributed by atoms with Crippen molar-refractivity contribution in [1.29, 1.82) is 0 Å². The Morgan fingerprint density at radius 2 is 2.35 bits per heavy atom. The first-order chi connectivity index (χ1) is 11.1. The van der Waals surface area contributed by atoms with Gasteiger partial charge in [-0.1, -0.05) is 19.9 Å². The summed E-state index contributed by atoms with van der Waals surface area (Å²) in [5.74, 6) is 1.63.